The van der Waals surface area contributed by atoms with Gasteiger partial charge in [0, 0.05) is 17.8 Å². The van der Waals surface area contributed by atoms with Crippen LogP contribution in [0.15, 0.2) is 48.5 Å². The predicted molar refractivity (Wildman–Crippen MR) is 110 cm³/mol. The quantitative estimate of drug-likeness (QED) is 0.661. The first-order valence-corrected chi connectivity index (χ1v) is 10.1. The molecule has 3 rings (SSSR count). The van der Waals surface area contributed by atoms with E-state index in [9.17, 15) is 4.79 Å². The summed E-state index contributed by atoms with van der Waals surface area (Å²) >= 11 is 0. The summed E-state index contributed by atoms with van der Waals surface area (Å²) in [6.45, 7) is 6.23. The van der Waals surface area contributed by atoms with Crippen molar-refractivity contribution in [3.63, 3.8) is 0 Å². The molecule has 1 heterocycles. The van der Waals surface area contributed by atoms with Gasteiger partial charge in [-0.2, -0.15) is 0 Å². The summed E-state index contributed by atoms with van der Waals surface area (Å²) in [5, 5.41) is 2.97. The van der Waals surface area contributed by atoms with Crippen LogP contribution in [0.2, 0.25) is 0 Å². The number of hydrogen-bond donors (Lipinski definition) is 1. The van der Waals surface area contributed by atoms with Crippen LogP contribution in [0.5, 0.6) is 5.75 Å². The van der Waals surface area contributed by atoms with Crippen LogP contribution in [0.4, 0.5) is 5.69 Å². The largest absolute Gasteiger partial charge is 0.494 e. The number of carbonyl (C=O) groups is 1. The molecule has 0 aliphatic carbocycles. The minimum Gasteiger partial charge on any atom is -0.494 e. The van der Waals surface area contributed by atoms with Gasteiger partial charge in [0.05, 0.1) is 6.61 Å². The molecule has 4 heteroatoms. The average Bonchev–Trinajstić information content (AvgIpc) is 2.71. The minimum atomic E-state index is -0.0983. The van der Waals surface area contributed by atoms with E-state index >= 15 is 0 Å². The van der Waals surface area contributed by atoms with E-state index in [1.807, 2.05) is 24.3 Å². The van der Waals surface area contributed by atoms with Crippen LogP contribution >= 0.6 is 0 Å². The second-order valence-electron chi connectivity index (χ2n) is 7.21. The highest BCUT2D eigenvalue weighted by Gasteiger charge is 2.11. The molecule has 1 fully saturated rings. The Labute approximate surface area is 162 Å². The average molecular weight is 367 g/mol. The Morgan fingerprint density at radius 1 is 1.00 bits per heavy atom. The molecule has 27 heavy (non-hydrogen) atoms. The van der Waals surface area contributed by atoms with Crippen molar-refractivity contribution < 1.29 is 9.53 Å². The van der Waals surface area contributed by atoms with Gasteiger partial charge in [-0.15, -0.1) is 0 Å². The topological polar surface area (TPSA) is 41.6 Å². The molecular formula is C23H30N2O2. The first-order valence-electron chi connectivity index (χ1n) is 10.1. The zero-order valence-corrected chi connectivity index (χ0v) is 16.2. The van der Waals surface area contributed by atoms with Gasteiger partial charge in [-0.25, -0.2) is 0 Å². The van der Waals surface area contributed by atoms with Crippen molar-refractivity contribution in [1.82, 2.24) is 4.90 Å². The third kappa shape index (κ3) is 6.10. The van der Waals surface area contributed by atoms with E-state index in [-0.39, 0.29) is 5.91 Å². The third-order valence-electron chi connectivity index (χ3n) is 4.95. The molecule has 0 radical (unpaired) electrons. The van der Waals surface area contributed by atoms with Gasteiger partial charge >= 0.3 is 0 Å². The number of nitrogens with zero attached hydrogens (tertiary/aromatic N) is 1. The van der Waals surface area contributed by atoms with Crippen molar-refractivity contribution >= 4 is 11.6 Å². The summed E-state index contributed by atoms with van der Waals surface area (Å²) in [7, 11) is 0. The number of benzene rings is 2. The van der Waals surface area contributed by atoms with Crippen LogP contribution in [0.3, 0.4) is 0 Å². The Hall–Kier alpha value is -2.33. The van der Waals surface area contributed by atoms with Crippen molar-refractivity contribution in [2.24, 2.45) is 0 Å². The lowest BCUT2D eigenvalue weighted by Crippen LogP contribution is -2.29. The molecule has 0 bridgehead atoms. The molecule has 0 atom stereocenters. The molecule has 0 unspecified atom stereocenters. The Balaban J connectivity index is 1.51. The Morgan fingerprint density at radius 2 is 1.70 bits per heavy atom. The standard InChI is InChI=1S/C23H30N2O2/c1-2-3-17-27-22-13-9-20(10-14-22)23(26)24-21-11-7-19(8-12-21)18-25-15-5-4-6-16-25/h7-14H,2-6,15-18H2,1H3,(H,24,26). The van der Waals surface area contributed by atoms with Crippen LogP contribution in [0.1, 0.15) is 54.9 Å². The van der Waals surface area contributed by atoms with Crippen LogP contribution < -0.4 is 10.1 Å². The first-order chi connectivity index (χ1) is 13.2. The van der Waals surface area contributed by atoms with Gasteiger partial charge in [-0.05, 0) is 74.3 Å². The molecule has 0 aromatic heterocycles. The maximum absolute atomic E-state index is 12.4. The maximum atomic E-state index is 12.4. The zero-order valence-electron chi connectivity index (χ0n) is 16.2. The van der Waals surface area contributed by atoms with Crippen LogP contribution in [0.25, 0.3) is 0 Å². The molecule has 2 aromatic rings. The Kier molecular flexibility index (Phi) is 7.28. The molecule has 1 aliphatic heterocycles. The predicted octanol–water partition coefficient (Wildman–Crippen LogP) is 5.10. The normalized spacial score (nSPS) is 14.7. The lowest BCUT2D eigenvalue weighted by molar-refractivity contribution is 0.102. The minimum absolute atomic E-state index is 0.0983. The van der Waals surface area contributed by atoms with Crippen molar-refractivity contribution in [1.29, 1.82) is 0 Å². The lowest BCUT2D eigenvalue weighted by Gasteiger charge is -2.26. The second kappa shape index (κ2) is 10.1. The monoisotopic (exact) mass is 366 g/mol. The van der Waals surface area contributed by atoms with Gasteiger partial charge < -0.3 is 10.1 Å². The smallest absolute Gasteiger partial charge is 0.255 e. The molecule has 0 spiro atoms. The van der Waals surface area contributed by atoms with Gasteiger partial charge in [0.25, 0.3) is 5.91 Å². The van der Waals surface area contributed by atoms with Gasteiger partial charge in [-0.3, -0.25) is 9.69 Å². The number of likely N-dealkylation sites (tertiary alicyclic amines) is 1. The van der Waals surface area contributed by atoms with Gasteiger partial charge in [-0.1, -0.05) is 31.9 Å². The molecule has 2 aromatic carbocycles. The van der Waals surface area contributed by atoms with Crippen LogP contribution in [0, 0.1) is 0 Å². The number of nitrogens with one attached hydrogen (secondary N) is 1. The zero-order chi connectivity index (χ0) is 18.9. The van der Waals surface area contributed by atoms with Crippen molar-refractivity contribution in [3.05, 3.63) is 59.7 Å². The molecule has 1 N–H and O–H groups in total. The number of ether oxygens (including phenoxy) is 1. The van der Waals surface area contributed by atoms with E-state index in [2.05, 4.69) is 29.3 Å². The van der Waals surface area contributed by atoms with Crippen LogP contribution in [-0.2, 0) is 6.54 Å². The number of amides is 1. The first kappa shape index (κ1) is 19.4. The van der Waals surface area contributed by atoms with E-state index in [4.69, 9.17) is 4.74 Å². The summed E-state index contributed by atoms with van der Waals surface area (Å²) in [5.41, 5.74) is 2.75. The number of anilines is 1. The van der Waals surface area contributed by atoms with E-state index in [1.54, 1.807) is 12.1 Å². The third-order valence-corrected chi connectivity index (χ3v) is 4.95. The lowest BCUT2D eigenvalue weighted by atomic mass is 10.1. The van der Waals surface area contributed by atoms with Gasteiger partial charge in [0.1, 0.15) is 5.75 Å². The molecule has 144 valence electrons. The fraction of sp³-hybridized carbons (Fsp3) is 0.435. The van der Waals surface area contributed by atoms with E-state index in [0.29, 0.717) is 12.2 Å². The maximum Gasteiger partial charge on any atom is 0.255 e. The highest BCUT2D eigenvalue weighted by atomic mass is 16.5. The second-order valence-corrected chi connectivity index (χ2v) is 7.21. The van der Waals surface area contributed by atoms with Gasteiger partial charge in [0.2, 0.25) is 0 Å². The van der Waals surface area contributed by atoms with E-state index in [1.165, 1.54) is 37.9 Å². The summed E-state index contributed by atoms with van der Waals surface area (Å²) in [4.78, 5) is 14.9. The van der Waals surface area contributed by atoms with Gasteiger partial charge in [0.15, 0.2) is 0 Å². The summed E-state index contributed by atoms with van der Waals surface area (Å²) in [6.07, 6.45) is 6.10. The van der Waals surface area contributed by atoms with Crippen molar-refractivity contribution in [2.45, 2.75) is 45.6 Å². The number of rotatable bonds is 8. The van der Waals surface area contributed by atoms with Crippen LogP contribution in [-0.4, -0.2) is 30.5 Å². The van der Waals surface area contributed by atoms with Crippen molar-refractivity contribution in [3.8, 4) is 5.75 Å². The molecular weight excluding hydrogens is 336 g/mol. The molecule has 4 nitrogen and oxygen atoms in total. The SMILES string of the molecule is CCCCOc1ccc(C(=O)Nc2ccc(CN3CCCCC3)cc2)cc1. The fourth-order valence-electron chi connectivity index (χ4n) is 3.31. The highest BCUT2D eigenvalue weighted by molar-refractivity contribution is 6.04. The number of piperidine rings is 1. The molecule has 1 saturated heterocycles. The summed E-state index contributed by atoms with van der Waals surface area (Å²) in [6, 6.07) is 15.5. The number of hydrogen-bond acceptors (Lipinski definition) is 3. The fourth-order valence-corrected chi connectivity index (χ4v) is 3.31. The number of carbonyl (C=O) groups excluding carboxylic acids is 1. The molecule has 1 aliphatic rings. The Bertz CT molecular complexity index is 704. The van der Waals surface area contributed by atoms with E-state index in [0.717, 1.165) is 30.8 Å². The highest BCUT2D eigenvalue weighted by Crippen LogP contribution is 2.17. The number of unbranched alkanes of at least 4 members (excludes halogenated alkanes) is 1. The Morgan fingerprint density at radius 3 is 2.37 bits per heavy atom. The molecule has 0 saturated carbocycles. The summed E-state index contributed by atoms with van der Waals surface area (Å²) in [5.74, 6) is 0.709. The molecule has 1 amide bonds. The van der Waals surface area contributed by atoms with Crippen molar-refractivity contribution in [2.75, 3.05) is 25.0 Å². The van der Waals surface area contributed by atoms with E-state index < -0.39 is 0 Å². The summed E-state index contributed by atoms with van der Waals surface area (Å²) < 4.78 is 5.64.